The Kier molecular flexibility index (Phi) is 15.1. The SMILES string of the molecule is CCC(C)(CC)C(=O)/C=C(\O)C(C)(CC)CC.Cc1cc(CC(C)C)cc(C)c1-c1cc(-c2[c-]c3ccccc3c(C(C)(C)C)c2)nc2c(C)c(C)oc12.[Ir]. The fourth-order valence-corrected chi connectivity index (χ4v) is 7.35. The number of furan rings is 1. The van der Waals surface area contributed by atoms with Crippen molar-refractivity contribution < 1.29 is 34.4 Å². The van der Waals surface area contributed by atoms with Crippen LogP contribution in [0.2, 0.25) is 0 Å². The van der Waals surface area contributed by atoms with Gasteiger partial charge in [0.05, 0.1) is 0 Å². The molecule has 0 aliphatic heterocycles. The number of hydrogen-bond donors (Lipinski definition) is 1. The van der Waals surface area contributed by atoms with E-state index < -0.39 is 0 Å². The summed E-state index contributed by atoms with van der Waals surface area (Å²) >= 11 is 0. The fourth-order valence-electron chi connectivity index (χ4n) is 7.35. The molecule has 1 N–H and O–H groups in total. The first-order valence-corrected chi connectivity index (χ1v) is 20.2. The van der Waals surface area contributed by atoms with Crippen LogP contribution in [0, 0.1) is 50.5 Å². The van der Waals surface area contributed by atoms with Gasteiger partial charge in [0.25, 0.3) is 0 Å². The molecule has 55 heavy (non-hydrogen) atoms. The second-order valence-corrected chi connectivity index (χ2v) is 17.5. The number of fused-ring (bicyclic) bond motifs is 2. The monoisotopic (exact) mass is 921 g/mol. The number of aliphatic hydroxyl groups is 1. The largest absolute Gasteiger partial charge is 0.512 e. The van der Waals surface area contributed by atoms with Gasteiger partial charge in [0.1, 0.15) is 17.0 Å². The van der Waals surface area contributed by atoms with E-state index in [4.69, 9.17) is 9.40 Å². The third kappa shape index (κ3) is 9.89. The molecule has 5 aromatic rings. The van der Waals surface area contributed by atoms with Crippen molar-refractivity contribution in [2.24, 2.45) is 16.7 Å². The zero-order valence-corrected chi connectivity index (χ0v) is 38.7. The first kappa shape index (κ1) is 45.9. The molecule has 2 heterocycles. The number of pyridine rings is 1. The van der Waals surface area contributed by atoms with Crippen molar-refractivity contribution in [3.05, 3.63) is 100 Å². The maximum absolute atomic E-state index is 12.2. The number of benzene rings is 3. The van der Waals surface area contributed by atoms with E-state index >= 15 is 0 Å². The predicted octanol–water partition coefficient (Wildman–Crippen LogP) is 14.5. The maximum Gasteiger partial charge on any atom is 0.164 e. The van der Waals surface area contributed by atoms with Gasteiger partial charge in [-0.25, -0.2) is 0 Å². The normalized spacial score (nSPS) is 12.5. The summed E-state index contributed by atoms with van der Waals surface area (Å²) in [5.41, 5.74) is 11.9. The van der Waals surface area contributed by atoms with Crippen LogP contribution in [0.3, 0.4) is 0 Å². The molecule has 0 unspecified atom stereocenters. The van der Waals surface area contributed by atoms with Crippen LogP contribution in [-0.2, 0) is 36.7 Å². The van der Waals surface area contributed by atoms with Gasteiger partial charge in [0, 0.05) is 53.8 Å². The maximum atomic E-state index is 12.2. The Morgan fingerprint density at radius 3 is 1.95 bits per heavy atom. The van der Waals surface area contributed by atoms with E-state index in [-0.39, 0.29) is 47.9 Å². The summed E-state index contributed by atoms with van der Waals surface area (Å²) in [6, 6.07) is 21.4. The number of aryl methyl sites for hydroxylation is 4. The van der Waals surface area contributed by atoms with Gasteiger partial charge < -0.3 is 9.52 Å². The number of rotatable bonds is 11. The smallest absolute Gasteiger partial charge is 0.164 e. The van der Waals surface area contributed by atoms with Crippen molar-refractivity contribution in [3.63, 3.8) is 0 Å². The van der Waals surface area contributed by atoms with Crippen LogP contribution >= 0.6 is 0 Å². The number of hydrogen-bond acceptors (Lipinski definition) is 4. The summed E-state index contributed by atoms with van der Waals surface area (Å²) in [6.45, 7) is 32.0. The molecule has 299 valence electrons. The van der Waals surface area contributed by atoms with E-state index in [0.717, 1.165) is 76.7 Å². The van der Waals surface area contributed by atoms with Crippen molar-refractivity contribution in [2.45, 2.75) is 141 Å². The zero-order valence-electron chi connectivity index (χ0n) is 36.4. The van der Waals surface area contributed by atoms with Crippen molar-refractivity contribution >= 4 is 27.7 Å². The Hall–Kier alpha value is -3.53. The molecule has 5 rings (SSSR count). The quantitative estimate of drug-likeness (QED) is 0.0814. The summed E-state index contributed by atoms with van der Waals surface area (Å²) in [5.74, 6) is 1.83. The molecule has 4 nitrogen and oxygen atoms in total. The van der Waals surface area contributed by atoms with Gasteiger partial charge in [0.2, 0.25) is 0 Å². The third-order valence-corrected chi connectivity index (χ3v) is 12.1. The average Bonchev–Trinajstić information content (AvgIpc) is 3.41. The first-order valence-electron chi connectivity index (χ1n) is 20.2. The molecule has 0 atom stereocenters. The van der Waals surface area contributed by atoms with Crippen LogP contribution in [0.25, 0.3) is 44.3 Å². The summed E-state index contributed by atoms with van der Waals surface area (Å²) < 4.78 is 6.36. The van der Waals surface area contributed by atoms with Crippen LogP contribution in [0.4, 0.5) is 0 Å². The number of nitrogens with zero attached hydrogens (tertiary/aromatic N) is 1. The van der Waals surface area contributed by atoms with Crippen LogP contribution in [-0.4, -0.2) is 15.9 Å². The number of allylic oxidation sites excluding steroid dienone is 2. The Balaban J connectivity index is 0.000000385. The summed E-state index contributed by atoms with van der Waals surface area (Å²) in [7, 11) is 0. The molecule has 3 aromatic carbocycles. The molecular formula is C50H66IrNO3-. The van der Waals surface area contributed by atoms with Crippen molar-refractivity contribution in [2.75, 3.05) is 0 Å². The van der Waals surface area contributed by atoms with Gasteiger partial charge in [-0.05, 0) is 93.4 Å². The Bertz CT molecular complexity index is 2130. The second-order valence-electron chi connectivity index (χ2n) is 17.5. The van der Waals surface area contributed by atoms with Gasteiger partial charge in [0.15, 0.2) is 11.4 Å². The number of aromatic nitrogens is 1. The molecule has 2 aromatic heterocycles. The summed E-state index contributed by atoms with van der Waals surface area (Å²) in [4.78, 5) is 17.4. The molecule has 0 bridgehead atoms. The van der Waals surface area contributed by atoms with Gasteiger partial charge in [-0.15, -0.1) is 29.1 Å². The average molecular weight is 921 g/mol. The number of ketones is 1. The Morgan fingerprint density at radius 1 is 0.855 bits per heavy atom. The Labute approximate surface area is 346 Å². The molecule has 0 amide bonds. The molecule has 0 fully saturated rings. The van der Waals surface area contributed by atoms with E-state index in [1.54, 1.807) is 0 Å². The number of aliphatic hydroxyl groups excluding tert-OH is 1. The van der Waals surface area contributed by atoms with Crippen LogP contribution < -0.4 is 0 Å². The standard InChI is InChI=1S/C35H38NO.C15H28O2.Ir/c1-20(2)14-25-15-21(3)32(22(4)16-25)29-19-31(36-33-23(5)24(6)37-34(29)33)27-17-26-12-10-11-13-28(26)30(18-27)35(7,8)9;1-7-14(5,8-2)12(16)11-13(17)15(6,9-3)10-4;/h10-13,15-16,18-20H,14H2,1-9H3;11,16H,7-10H2,1-6H3;/q-1;;/b;12-11-;. The fraction of sp³-hybridized carbons (Fsp3) is 0.480. The predicted molar refractivity (Wildman–Crippen MR) is 231 cm³/mol. The molecule has 0 saturated carbocycles. The summed E-state index contributed by atoms with van der Waals surface area (Å²) in [5, 5.41) is 12.5. The van der Waals surface area contributed by atoms with E-state index in [2.05, 4.69) is 110 Å². The number of carbonyl (C=O) groups excluding carboxylic acids is 1. The van der Waals surface area contributed by atoms with Crippen molar-refractivity contribution in [1.29, 1.82) is 0 Å². The first-order chi connectivity index (χ1) is 25.2. The molecule has 0 aliphatic carbocycles. The molecule has 5 heteroatoms. The number of carbonyl (C=O) groups is 1. The minimum Gasteiger partial charge on any atom is -0.512 e. The van der Waals surface area contributed by atoms with Gasteiger partial charge in [-0.1, -0.05) is 124 Å². The van der Waals surface area contributed by atoms with Gasteiger partial charge >= 0.3 is 0 Å². The Morgan fingerprint density at radius 2 is 1.42 bits per heavy atom. The molecular weight excluding hydrogens is 855 g/mol. The van der Waals surface area contributed by atoms with Gasteiger partial charge in [-0.3, -0.25) is 9.78 Å². The summed E-state index contributed by atoms with van der Waals surface area (Å²) in [6.07, 6.45) is 5.84. The minimum atomic E-state index is -0.337. The third-order valence-electron chi connectivity index (χ3n) is 12.1. The van der Waals surface area contributed by atoms with E-state index in [1.807, 2.05) is 48.5 Å². The van der Waals surface area contributed by atoms with Crippen molar-refractivity contribution in [1.82, 2.24) is 4.98 Å². The minimum absolute atomic E-state index is 0. The van der Waals surface area contributed by atoms with E-state index in [1.165, 1.54) is 39.3 Å². The second kappa shape index (κ2) is 18.2. The van der Waals surface area contributed by atoms with Crippen molar-refractivity contribution in [3.8, 4) is 22.4 Å². The molecule has 0 aliphatic rings. The van der Waals surface area contributed by atoms with Crippen LogP contribution in [0.1, 0.15) is 135 Å². The van der Waals surface area contributed by atoms with E-state index in [0.29, 0.717) is 5.92 Å². The zero-order chi connectivity index (χ0) is 40.3. The molecule has 0 saturated heterocycles. The van der Waals surface area contributed by atoms with Gasteiger partial charge in [-0.2, -0.15) is 0 Å². The van der Waals surface area contributed by atoms with Crippen LogP contribution in [0.15, 0.2) is 64.8 Å². The topological polar surface area (TPSA) is 63.3 Å². The van der Waals surface area contributed by atoms with Crippen LogP contribution in [0.5, 0.6) is 0 Å². The molecule has 1 radical (unpaired) electrons. The van der Waals surface area contributed by atoms with E-state index in [9.17, 15) is 9.90 Å². The molecule has 0 spiro atoms.